The van der Waals surface area contributed by atoms with Crippen LogP contribution >= 0.6 is 0 Å². The SMILES string of the molecule is NC(N)=NC(Cc1ccc2ccccc2c1)C(=O)O. The van der Waals surface area contributed by atoms with Crippen LogP contribution in [0.5, 0.6) is 0 Å². The first-order valence-corrected chi connectivity index (χ1v) is 5.85. The van der Waals surface area contributed by atoms with Gasteiger partial charge in [0.2, 0.25) is 0 Å². The van der Waals surface area contributed by atoms with Crippen LogP contribution in [-0.4, -0.2) is 23.1 Å². The minimum absolute atomic E-state index is 0.215. The van der Waals surface area contributed by atoms with Crippen LogP contribution < -0.4 is 11.5 Å². The van der Waals surface area contributed by atoms with E-state index in [-0.39, 0.29) is 12.4 Å². The second kappa shape index (κ2) is 5.39. The number of aliphatic carboxylic acids is 1. The number of carboxylic acid groups (broad SMARTS) is 1. The molecule has 0 saturated heterocycles. The van der Waals surface area contributed by atoms with E-state index in [1.165, 1.54) is 0 Å². The number of guanidine groups is 1. The van der Waals surface area contributed by atoms with Crippen molar-refractivity contribution in [2.75, 3.05) is 0 Å². The Morgan fingerprint density at radius 1 is 1.16 bits per heavy atom. The largest absolute Gasteiger partial charge is 0.480 e. The van der Waals surface area contributed by atoms with Crippen molar-refractivity contribution < 1.29 is 9.90 Å². The number of rotatable bonds is 4. The van der Waals surface area contributed by atoms with Crippen LogP contribution in [0.4, 0.5) is 0 Å². The molecule has 1 atom stereocenters. The van der Waals surface area contributed by atoms with Gasteiger partial charge in [0.05, 0.1) is 0 Å². The number of aliphatic imine (C=N–C) groups is 1. The van der Waals surface area contributed by atoms with Crippen LogP contribution in [0.1, 0.15) is 5.56 Å². The van der Waals surface area contributed by atoms with Gasteiger partial charge in [0.1, 0.15) is 0 Å². The summed E-state index contributed by atoms with van der Waals surface area (Å²) in [6.07, 6.45) is 0.262. The van der Waals surface area contributed by atoms with Crippen LogP contribution in [0.25, 0.3) is 10.8 Å². The highest BCUT2D eigenvalue weighted by Crippen LogP contribution is 2.17. The molecule has 0 spiro atoms. The maximum atomic E-state index is 11.1. The molecular formula is C14H15N3O2. The normalized spacial score (nSPS) is 12.0. The Balaban J connectivity index is 2.29. The highest BCUT2D eigenvalue weighted by atomic mass is 16.4. The molecule has 2 aromatic rings. The maximum absolute atomic E-state index is 11.1. The first kappa shape index (κ1) is 12.9. The van der Waals surface area contributed by atoms with Gasteiger partial charge in [-0.1, -0.05) is 42.5 Å². The molecule has 0 amide bonds. The van der Waals surface area contributed by atoms with Crippen LogP contribution in [0.15, 0.2) is 47.5 Å². The molecule has 0 radical (unpaired) electrons. The molecule has 5 nitrogen and oxygen atoms in total. The standard InChI is InChI=1S/C14H15N3O2/c15-14(16)17-12(13(18)19)8-9-5-6-10-3-1-2-4-11(10)7-9/h1-7,12H,8H2,(H,18,19)(H4,15,16,17). The quantitative estimate of drug-likeness (QED) is 0.564. The first-order valence-electron chi connectivity index (χ1n) is 5.85. The summed E-state index contributed by atoms with van der Waals surface area (Å²) in [5.74, 6) is -1.25. The third kappa shape index (κ3) is 3.22. The minimum atomic E-state index is -1.04. The second-order valence-electron chi connectivity index (χ2n) is 4.29. The molecule has 0 aromatic heterocycles. The van der Waals surface area contributed by atoms with E-state index in [0.717, 1.165) is 16.3 Å². The summed E-state index contributed by atoms with van der Waals surface area (Å²) >= 11 is 0. The summed E-state index contributed by atoms with van der Waals surface area (Å²) < 4.78 is 0. The summed E-state index contributed by atoms with van der Waals surface area (Å²) in [6.45, 7) is 0. The molecule has 0 aliphatic rings. The Bertz CT molecular complexity index is 633. The molecule has 98 valence electrons. The van der Waals surface area contributed by atoms with E-state index in [0.29, 0.717) is 0 Å². The molecule has 0 bridgehead atoms. The van der Waals surface area contributed by atoms with Gasteiger partial charge in [-0.25, -0.2) is 9.79 Å². The number of hydrogen-bond donors (Lipinski definition) is 3. The van der Waals surface area contributed by atoms with Crippen molar-refractivity contribution in [3.63, 3.8) is 0 Å². The summed E-state index contributed by atoms with van der Waals surface area (Å²) in [6, 6.07) is 12.7. The van der Waals surface area contributed by atoms with Crippen molar-refractivity contribution in [1.29, 1.82) is 0 Å². The van der Waals surface area contributed by atoms with E-state index in [2.05, 4.69) is 4.99 Å². The number of nitrogens with zero attached hydrogens (tertiary/aromatic N) is 1. The van der Waals surface area contributed by atoms with E-state index in [1.54, 1.807) is 0 Å². The van der Waals surface area contributed by atoms with Crippen LogP contribution in [0, 0.1) is 0 Å². The fourth-order valence-corrected chi connectivity index (χ4v) is 1.96. The Morgan fingerprint density at radius 2 is 1.84 bits per heavy atom. The van der Waals surface area contributed by atoms with Gasteiger partial charge >= 0.3 is 5.97 Å². The second-order valence-corrected chi connectivity index (χ2v) is 4.29. The molecular weight excluding hydrogens is 242 g/mol. The van der Waals surface area contributed by atoms with Gasteiger partial charge in [0.25, 0.3) is 0 Å². The van der Waals surface area contributed by atoms with Gasteiger partial charge in [-0.05, 0) is 16.3 Å². The molecule has 2 aromatic carbocycles. The maximum Gasteiger partial charge on any atom is 0.328 e. The number of carbonyl (C=O) groups is 1. The van der Waals surface area contributed by atoms with Gasteiger partial charge < -0.3 is 16.6 Å². The number of hydrogen-bond acceptors (Lipinski definition) is 2. The zero-order chi connectivity index (χ0) is 13.8. The molecule has 5 N–H and O–H groups in total. The summed E-state index contributed by atoms with van der Waals surface area (Å²) in [7, 11) is 0. The van der Waals surface area contributed by atoms with E-state index >= 15 is 0 Å². The topological polar surface area (TPSA) is 102 Å². The van der Waals surface area contributed by atoms with Crippen molar-refractivity contribution in [2.45, 2.75) is 12.5 Å². The Labute approximate surface area is 110 Å². The lowest BCUT2D eigenvalue weighted by molar-refractivity contribution is -0.138. The van der Waals surface area contributed by atoms with Crippen molar-refractivity contribution in [1.82, 2.24) is 0 Å². The predicted molar refractivity (Wildman–Crippen MR) is 74.9 cm³/mol. The molecule has 5 heteroatoms. The molecule has 0 heterocycles. The van der Waals surface area contributed by atoms with Gasteiger partial charge in [-0.15, -0.1) is 0 Å². The zero-order valence-corrected chi connectivity index (χ0v) is 10.3. The summed E-state index contributed by atoms with van der Waals surface area (Å²) in [5.41, 5.74) is 11.4. The van der Waals surface area contributed by atoms with E-state index in [4.69, 9.17) is 16.6 Å². The van der Waals surface area contributed by atoms with Gasteiger partial charge in [-0.2, -0.15) is 0 Å². The van der Waals surface area contributed by atoms with E-state index in [9.17, 15) is 4.79 Å². The third-order valence-corrected chi connectivity index (χ3v) is 2.83. The molecule has 0 aliphatic carbocycles. The average Bonchev–Trinajstić information content (AvgIpc) is 2.37. The first-order chi connectivity index (χ1) is 9.06. The van der Waals surface area contributed by atoms with E-state index in [1.807, 2.05) is 42.5 Å². The monoisotopic (exact) mass is 257 g/mol. The number of benzene rings is 2. The van der Waals surface area contributed by atoms with Crippen molar-refractivity contribution in [3.8, 4) is 0 Å². The number of fused-ring (bicyclic) bond motifs is 1. The number of nitrogens with two attached hydrogens (primary N) is 2. The Hall–Kier alpha value is -2.56. The minimum Gasteiger partial charge on any atom is -0.480 e. The van der Waals surface area contributed by atoms with Crippen molar-refractivity contribution in [3.05, 3.63) is 48.0 Å². The molecule has 0 fully saturated rings. The smallest absolute Gasteiger partial charge is 0.328 e. The highest BCUT2D eigenvalue weighted by Gasteiger charge is 2.17. The van der Waals surface area contributed by atoms with Crippen molar-refractivity contribution >= 4 is 22.7 Å². The Kier molecular flexibility index (Phi) is 3.66. The third-order valence-electron chi connectivity index (χ3n) is 2.83. The molecule has 19 heavy (non-hydrogen) atoms. The predicted octanol–water partition coefficient (Wildman–Crippen LogP) is 1.11. The fraction of sp³-hybridized carbons (Fsp3) is 0.143. The average molecular weight is 257 g/mol. The summed E-state index contributed by atoms with van der Waals surface area (Å²) in [5, 5.41) is 11.3. The highest BCUT2D eigenvalue weighted by molar-refractivity contribution is 5.84. The van der Waals surface area contributed by atoms with Crippen LogP contribution in [-0.2, 0) is 11.2 Å². The lowest BCUT2D eigenvalue weighted by Gasteiger charge is -2.09. The molecule has 0 aliphatic heterocycles. The van der Waals surface area contributed by atoms with Gasteiger partial charge in [0, 0.05) is 6.42 Å². The van der Waals surface area contributed by atoms with E-state index < -0.39 is 12.0 Å². The summed E-state index contributed by atoms with van der Waals surface area (Å²) in [4.78, 5) is 14.8. The zero-order valence-electron chi connectivity index (χ0n) is 10.3. The molecule has 1 unspecified atom stereocenters. The molecule has 2 rings (SSSR count). The lowest BCUT2D eigenvalue weighted by Crippen LogP contribution is -2.30. The molecule has 0 saturated carbocycles. The Morgan fingerprint density at radius 3 is 2.47 bits per heavy atom. The van der Waals surface area contributed by atoms with Crippen LogP contribution in [0.3, 0.4) is 0 Å². The van der Waals surface area contributed by atoms with Gasteiger partial charge in [-0.3, -0.25) is 0 Å². The van der Waals surface area contributed by atoms with Gasteiger partial charge in [0.15, 0.2) is 12.0 Å². The van der Waals surface area contributed by atoms with Crippen molar-refractivity contribution in [2.24, 2.45) is 16.5 Å². The lowest BCUT2D eigenvalue weighted by atomic mass is 10.0. The number of carboxylic acids is 1. The fourth-order valence-electron chi connectivity index (χ4n) is 1.96. The van der Waals surface area contributed by atoms with Crippen LogP contribution in [0.2, 0.25) is 0 Å².